The second kappa shape index (κ2) is 8.35. The minimum Gasteiger partial charge on any atom is -0.206 e. The summed E-state index contributed by atoms with van der Waals surface area (Å²) in [7, 11) is 0. The third-order valence-electron chi connectivity index (χ3n) is 3.81. The number of halogens is 3. The lowest BCUT2D eigenvalue weighted by Crippen LogP contribution is -1.90. The fourth-order valence-corrected chi connectivity index (χ4v) is 2.39. The molecule has 0 aliphatic carbocycles. The van der Waals surface area contributed by atoms with Gasteiger partial charge in [0.25, 0.3) is 0 Å². The lowest BCUT2D eigenvalue weighted by molar-refractivity contribution is 0.621. The van der Waals surface area contributed by atoms with Crippen LogP contribution in [0.5, 0.6) is 0 Å². The molecule has 0 heterocycles. The summed E-state index contributed by atoms with van der Waals surface area (Å²) < 4.78 is 42.1. The first-order chi connectivity index (χ1) is 11.6. The highest BCUT2D eigenvalue weighted by atomic mass is 19.2. The monoisotopic (exact) mass is 329 g/mol. The van der Waals surface area contributed by atoms with Gasteiger partial charge in [-0.3, -0.25) is 0 Å². The molecule has 24 heavy (non-hydrogen) atoms. The summed E-state index contributed by atoms with van der Waals surface area (Å²) >= 11 is 0. The lowest BCUT2D eigenvalue weighted by Gasteiger charge is -2.05. The second-order valence-electron chi connectivity index (χ2n) is 5.59. The van der Waals surface area contributed by atoms with E-state index in [9.17, 15) is 13.2 Å². The molecule has 2 aromatic carbocycles. The summed E-state index contributed by atoms with van der Waals surface area (Å²) in [4.78, 5) is 0. The zero-order valence-corrected chi connectivity index (χ0v) is 13.5. The van der Waals surface area contributed by atoms with Gasteiger partial charge in [-0.15, -0.1) is 0 Å². The molecule has 0 aromatic heterocycles. The van der Waals surface area contributed by atoms with Crippen LogP contribution in [0.4, 0.5) is 13.2 Å². The molecule has 0 amide bonds. The largest absolute Gasteiger partial charge is 0.206 e. The molecule has 4 heteroatoms. The Bertz CT molecular complexity index is 770. The van der Waals surface area contributed by atoms with Crippen molar-refractivity contribution < 1.29 is 13.2 Å². The summed E-state index contributed by atoms with van der Waals surface area (Å²) in [6.45, 7) is 2.12. The molecule has 0 spiro atoms. The van der Waals surface area contributed by atoms with Crippen molar-refractivity contribution in [1.29, 1.82) is 5.26 Å². The van der Waals surface area contributed by atoms with E-state index in [1.54, 1.807) is 18.2 Å². The molecular formula is C20H18F3N. The second-order valence-corrected chi connectivity index (χ2v) is 5.59. The Morgan fingerprint density at radius 3 is 2.17 bits per heavy atom. The van der Waals surface area contributed by atoms with E-state index < -0.39 is 17.5 Å². The topological polar surface area (TPSA) is 23.8 Å². The van der Waals surface area contributed by atoms with Crippen molar-refractivity contribution >= 4 is 11.7 Å². The zero-order valence-electron chi connectivity index (χ0n) is 13.5. The SMILES string of the molecule is CCCCCc1ccc(C(F)=C(F)c2ccc(C#N)c(F)c2)cc1. The van der Waals surface area contributed by atoms with E-state index in [-0.39, 0.29) is 16.7 Å². The predicted molar refractivity (Wildman–Crippen MR) is 89.8 cm³/mol. The smallest absolute Gasteiger partial charge is 0.166 e. The molecule has 0 bridgehead atoms. The van der Waals surface area contributed by atoms with E-state index in [1.807, 2.05) is 0 Å². The maximum absolute atomic E-state index is 14.3. The highest BCUT2D eigenvalue weighted by molar-refractivity contribution is 5.83. The molecule has 0 atom stereocenters. The van der Waals surface area contributed by atoms with Crippen molar-refractivity contribution in [2.45, 2.75) is 32.6 Å². The van der Waals surface area contributed by atoms with Crippen LogP contribution in [0.2, 0.25) is 0 Å². The summed E-state index contributed by atoms with van der Waals surface area (Å²) in [5.74, 6) is -3.06. The van der Waals surface area contributed by atoms with Gasteiger partial charge in [0.05, 0.1) is 5.56 Å². The normalized spacial score (nSPS) is 11.8. The summed E-state index contributed by atoms with van der Waals surface area (Å²) in [6.07, 6.45) is 4.23. The van der Waals surface area contributed by atoms with E-state index >= 15 is 0 Å². The van der Waals surface area contributed by atoms with Gasteiger partial charge in [0, 0.05) is 11.1 Å². The molecule has 0 saturated carbocycles. The van der Waals surface area contributed by atoms with E-state index in [0.29, 0.717) is 0 Å². The maximum atomic E-state index is 14.3. The van der Waals surface area contributed by atoms with Crippen molar-refractivity contribution in [3.8, 4) is 6.07 Å². The number of aryl methyl sites for hydroxylation is 1. The number of hydrogen-bond donors (Lipinski definition) is 0. The van der Waals surface area contributed by atoms with Gasteiger partial charge in [-0.05, 0) is 30.5 Å². The minimum absolute atomic E-state index is 0.108. The number of benzene rings is 2. The van der Waals surface area contributed by atoms with Gasteiger partial charge >= 0.3 is 0 Å². The van der Waals surface area contributed by atoms with Gasteiger partial charge in [0.1, 0.15) is 11.9 Å². The molecule has 2 aromatic rings. The zero-order chi connectivity index (χ0) is 17.5. The van der Waals surface area contributed by atoms with Crippen molar-refractivity contribution in [2.24, 2.45) is 0 Å². The molecule has 1 nitrogen and oxygen atoms in total. The van der Waals surface area contributed by atoms with Crippen LogP contribution in [0.15, 0.2) is 42.5 Å². The average Bonchev–Trinajstić information content (AvgIpc) is 2.61. The van der Waals surface area contributed by atoms with E-state index in [2.05, 4.69) is 6.92 Å². The summed E-state index contributed by atoms with van der Waals surface area (Å²) in [6, 6.07) is 11.4. The fraction of sp³-hybridized carbons (Fsp3) is 0.250. The van der Waals surface area contributed by atoms with Crippen molar-refractivity contribution in [3.05, 3.63) is 70.5 Å². The first-order valence-electron chi connectivity index (χ1n) is 7.91. The molecule has 0 N–H and O–H groups in total. The van der Waals surface area contributed by atoms with Crippen LogP contribution in [-0.4, -0.2) is 0 Å². The van der Waals surface area contributed by atoms with Crippen LogP contribution >= 0.6 is 0 Å². The standard InChI is InChI=1S/C20H18F3N/c1-2-3-4-5-14-6-8-15(9-7-14)19(22)20(23)16-10-11-17(13-24)18(21)12-16/h6-12H,2-5H2,1H3. The Labute approximate surface area is 140 Å². The van der Waals surface area contributed by atoms with E-state index in [1.165, 1.54) is 18.2 Å². The van der Waals surface area contributed by atoms with E-state index in [0.717, 1.165) is 43.4 Å². The highest BCUT2D eigenvalue weighted by Gasteiger charge is 2.13. The van der Waals surface area contributed by atoms with Crippen LogP contribution in [-0.2, 0) is 6.42 Å². The minimum atomic E-state index is -1.14. The third kappa shape index (κ3) is 4.26. The van der Waals surface area contributed by atoms with Crippen LogP contribution < -0.4 is 0 Å². The van der Waals surface area contributed by atoms with Crippen molar-refractivity contribution in [1.82, 2.24) is 0 Å². The molecular weight excluding hydrogens is 311 g/mol. The van der Waals surface area contributed by atoms with Gasteiger partial charge in [0.2, 0.25) is 0 Å². The van der Waals surface area contributed by atoms with Gasteiger partial charge in [-0.25, -0.2) is 13.2 Å². The molecule has 2 rings (SSSR count). The third-order valence-corrected chi connectivity index (χ3v) is 3.81. The van der Waals surface area contributed by atoms with Gasteiger partial charge in [-0.1, -0.05) is 50.1 Å². The summed E-state index contributed by atoms with van der Waals surface area (Å²) in [5.41, 5.74) is 0.751. The molecule has 0 fully saturated rings. The molecule has 0 aliphatic rings. The number of nitrogens with zero attached hydrogens (tertiary/aromatic N) is 1. The van der Waals surface area contributed by atoms with Gasteiger partial charge in [-0.2, -0.15) is 5.26 Å². The Morgan fingerprint density at radius 2 is 1.58 bits per heavy atom. The Kier molecular flexibility index (Phi) is 6.20. The molecule has 0 aliphatic heterocycles. The molecule has 0 saturated heterocycles. The number of hydrogen-bond acceptors (Lipinski definition) is 1. The Morgan fingerprint density at radius 1 is 0.958 bits per heavy atom. The van der Waals surface area contributed by atoms with Gasteiger partial charge in [0.15, 0.2) is 11.7 Å². The molecule has 0 unspecified atom stereocenters. The van der Waals surface area contributed by atoms with Crippen LogP contribution in [0.1, 0.15) is 48.4 Å². The first kappa shape index (κ1) is 17.8. The Hall–Kier alpha value is -2.54. The van der Waals surface area contributed by atoms with Crippen LogP contribution in [0, 0.1) is 17.1 Å². The van der Waals surface area contributed by atoms with E-state index in [4.69, 9.17) is 5.26 Å². The molecule has 124 valence electrons. The highest BCUT2D eigenvalue weighted by Crippen LogP contribution is 2.29. The Balaban J connectivity index is 2.22. The van der Waals surface area contributed by atoms with Gasteiger partial charge < -0.3 is 0 Å². The first-order valence-corrected chi connectivity index (χ1v) is 7.91. The average molecular weight is 329 g/mol. The fourth-order valence-electron chi connectivity index (χ4n) is 2.39. The number of nitriles is 1. The lowest BCUT2D eigenvalue weighted by atomic mass is 10.0. The number of rotatable bonds is 6. The van der Waals surface area contributed by atoms with Crippen molar-refractivity contribution in [2.75, 3.05) is 0 Å². The maximum Gasteiger partial charge on any atom is 0.166 e. The number of unbranched alkanes of at least 4 members (excludes halogenated alkanes) is 2. The van der Waals surface area contributed by atoms with Crippen LogP contribution in [0.25, 0.3) is 11.7 Å². The quantitative estimate of drug-likeness (QED) is 0.457. The predicted octanol–water partition coefficient (Wildman–Crippen LogP) is 6.19. The van der Waals surface area contributed by atoms with Crippen molar-refractivity contribution in [3.63, 3.8) is 0 Å². The summed E-state index contributed by atoms with van der Waals surface area (Å²) in [5, 5.41) is 8.67. The van der Waals surface area contributed by atoms with Crippen LogP contribution in [0.3, 0.4) is 0 Å². The molecule has 0 radical (unpaired) electrons.